The zero-order chi connectivity index (χ0) is 19.4. The molecule has 0 spiro atoms. The van der Waals surface area contributed by atoms with E-state index in [-0.39, 0.29) is 11.2 Å². The molecule has 0 amide bonds. The third-order valence-corrected chi connectivity index (χ3v) is 4.87. The first-order valence-corrected chi connectivity index (χ1v) is 8.57. The van der Waals surface area contributed by atoms with E-state index >= 15 is 0 Å². The number of aryl methyl sites for hydroxylation is 1. The summed E-state index contributed by atoms with van der Waals surface area (Å²) >= 11 is 0. The van der Waals surface area contributed by atoms with E-state index in [2.05, 4.69) is 9.97 Å². The van der Waals surface area contributed by atoms with Crippen molar-refractivity contribution in [1.29, 1.82) is 0 Å². The van der Waals surface area contributed by atoms with Crippen LogP contribution in [-0.4, -0.2) is 23.9 Å². The van der Waals surface area contributed by atoms with Gasteiger partial charge in [-0.05, 0) is 31.2 Å². The maximum Gasteiger partial charge on any atom is 0.274 e. The summed E-state index contributed by atoms with van der Waals surface area (Å²) in [5, 5.41) is 11.6. The van der Waals surface area contributed by atoms with Gasteiger partial charge in [-0.15, -0.1) is 0 Å². The lowest BCUT2D eigenvalue weighted by molar-refractivity contribution is -0.385. The van der Waals surface area contributed by atoms with Crippen molar-refractivity contribution in [3.63, 3.8) is 0 Å². The molecule has 0 N–H and O–H groups in total. The molecule has 5 rings (SSSR count). The number of imidazole rings is 1. The highest BCUT2D eigenvalue weighted by atomic mass is 16.6. The predicted octanol–water partition coefficient (Wildman–Crippen LogP) is 3.40. The lowest BCUT2D eigenvalue weighted by Crippen LogP contribution is -2.19. The molecule has 5 aromatic rings. The van der Waals surface area contributed by atoms with Gasteiger partial charge in [0.05, 0.1) is 32.5 Å². The molecule has 28 heavy (non-hydrogen) atoms. The van der Waals surface area contributed by atoms with Crippen molar-refractivity contribution in [1.82, 2.24) is 18.9 Å². The number of nitro benzene ring substituents is 1. The number of hydrogen-bond acceptors (Lipinski definition) is 5. The molecule has 0 bridgehead atoms. The molecule has 0 aliphatic heterocycles. The molecule has 0 fully saturated rings. The minimum Gasteiger partial charge on any atom is -0.283 e. The molecule has 8 nitrogen and oxygen atoms in total. The number of aromatic nitrogens is 4. The number of nitro groups is 1. The second-order valence-corrected chi connectivity index (χ2v) is 6.51. The van der Waals surface area contributed by atoms with Crippen molar-refractivity contribution < 1.29 is 4.92 Å². The zero-order valence-corrected chi connectivity index (χ0v) is 14.7. The van der Waals surface area contributed by atoms with Gasteiger partial charge in [-0.1, -0.05) is 18.2 Å². The van der Waals surface area contributed by atoms with E-state index in [1.165, 1.54) is 16.8 Å². The van der Waals surface area contributed by atoms with Crippen LogP contribution in [0.4, 0.5) is 5.69 Å². The first-order chi connectivity index (χ1) is 13.5. The number of fused-ring (bicyclic) bond motifs is 5. The largest absolute Gasteiger partial charge is 0.283 e. The Morgan fingerprint density at radius 1 is 1.07 bits per heavy atom. The molecular formula is C20H13N5O3. The summed E-state index contributed by atoms with van der Waals surface area (Å²) in [5.74, 6) is 0.511. The van der Waals surface area contributed by atoms with Gasteiger partial charge in [-0.25, -0.2) is 9.97 Å². The predicted molar refractivity (Wildman–Crippen MR) is 105 cm³/mol. The van der Waals surface area contributed by atoms with E-state index in [1.54, 1.807) is 31.3 Å². The molecule has 3 heterocycles. The summed E-state index contributed by atoms with van der Waals surface area (Å²) in [7, 11) is 0. The average molecular weight is 371 g/mol. The zero-order valence-electron chi connectivity index (χ0n) is 14.7. The van der Waals surface area contributed by atoms with Gasteiger partial charge in [0, 0.05) is 24.0 Å². The summed E-state index contributed by atoms with van der Waals surface area (Å²) in [4.78, 5) is 32.7. The highest BCUT2D eigenvalue weighted by Gasteiger charge is 2.15. The van der Waals surface area contributed by atoms with Gasteiger partial charge in [-0.3, -0.25) is 23.9 Å². The molecule has 2 aromatic carbocycles. The Kier molecular flexibility index (Phi) is 3.29. The second-order valence-electron chi connectivity index (χ2n) is 6.51. The van der Waals surface area contributed by atoms with Gasteiger partial charge in [0.1, 0.15) is 0 Å². The number of rotatable bonds is 2. The maximum absolute atomic E-state index is 13.1. The summed E-state index contributed by atoms with van der Waals surface area (Å²) < 4.78 is 3.23. The standard InChI is InChI=1S/C20H13N5O3/c1-12-6-7-13(10-18(12)25(27)28)23-9-8-16-14(19(23)26)11-21-20-22-15-4-2-3-5-17(15)24(16)20/h2-11H,1H3. The molecule has 8 heteroatoms. The fourth-order valence-corrected chi connectivity index (χ4v) is 3.47. The van der Waals surface area contributed by atoms with Crippen molar-refractivity contribution in [3.05, 3.63) is 87.0 Å². The van der Waals surface area contributed by atoms with Crippen LogP contribution < -0.4 is 5.56 Å². The minimum absolute atomic E-state index is 0.0290. The summed E-state index contributed by atoms with van der Waals surface area (Å²) in [6, 6.07) is 14.1. The van der Waals surface area contributed by atoms with Crippen LogP contribution in [0.15, 0.2) is 65.7 Å². The smallest absolute Gasteiger partial charge is 0.274 e. The number of nitrogens with zero attached hydrogens (tertiary/aromatic N) is 5. The Morgan fingerprint density at radius 2 is 1.89 bits per heavy atom. The lowest BCUT2D eigenvalue weighted by atomic mass is 10.2. The van der Waals surface area contributed by atoms with Gasteiger partial charge >= 0.3 is 0 Å². The van der Waals surface area contributed by atoms with Crippen LogP contribution in [-0.2, 0) is 0 Å². The molecular weight excluding hydrogens is 358 g/mol. The van der Waals surface area contributed by atoms with Gasteiger partial charge in [0.15, 0.2) is 0 Å². The number of hydrogen-bond donors (Lipinski definition) is 0. The normalized spacial score (nSPS) is 11.5. The Labute approximate surface area is 157 Å². The molecule has 0 atom stereocenters. The first kappa shape index (κ1) is 16.1. The Morgan fingerprint density at radius 3 is 2.71 bits per heavy atom. The SMILES string of the molecule is Cc1ccc(-n2ccc3c(cnc4nc5ccccc5n43)c2=O)cc1[N+](=O)[O-]. The van der Waals surface area contributed by atoms with Crippen LogP contribution in [0.3, 0.4) is 0 Å². The topological polar surface area (TPSA) is 95.3 Å². The highest BCUT2D eigenvalue weighted by molar-refractivity contribution is 5.88. The van der Waals surface area contributed by atoms with Crippen molar-refractivity contribution in [3.8, 4) is 5.69 Å². The van der Waals surface area contributed by atoms with Crippen LogP contribution in [0.1, 0.15) is 5.56 Å². The van der Waals surface area contributed by atoms with E-state index in [0.717, 1.165) is 11.0 Å². The molecule has 0 aliphatic carbocycles. The van der Waals surface area contributed by atoms with E-state index in [1.807, 2.05) is 28.7 Å². The average Bonchev–Trinajstić information content (AvgIpc) is 3.07. The molecule has 0 saturated heterocycles. The third-order valence-electron chi connectivity index (χ3n) is 4.87. The fourth-order valence-electron chi connectivity index (χ4n) is 3.47. The molecule has 136 valence electrons. The van der Waals surface area contributed by atoms with E-state index < -0.39 is 4.92 Å². The fraction of sp³-hybridized carbons (Fsp3) is 0.0500. The van der Waals surface area contributed by atoms with Crippen LogP contribution in [0, 0.1) is 17.0 Å². The van der Waals surface area contributed by atoms with Crippen molar-refractivity contribution in [2.45, 2.75) is 6.92 Å². The Bertz CT molecular complexity index is 1480. The molecule has 0 aliphatic rings. The molecule has 0 saturated carbocycles. The Hall–Kier alpha value is -4.07. The Balaban J connectivity index is 1.82. The van der Waals surface area contributed by atoms with Gasteiger partial charge in [-0.2, -0.15) is 0 Å². The molecule has 3 aromatic heterocycles. The van der Waals surface area contributed by atoms with E-state index in [0.29, 0.717) is 27.9 Å². The highest BCUT2D eigenvalue weighted by Crippen LogP contribution is 2.23. The van der Waals surface area contributed by atoms with E-state index in [9.17, 15) is 14.9 Å². The van der Waals surface area contributed by atoms with Gasteiger partial charge in [0.2, 0.25) is 5.78 Å². The van der Waals surface area contributed by atoms with E-state index in [4.69, 9.17) is 0 Å². The monoisotopic (exact) mass is 371 g/mol. The van der Waals surface area contributed by atoms with Crippen LogP contribution in [0.2, 0.25) is 0 Å². The third kappa shape index (κ3) is 2.21. The van der Waals surface area contributed by atoms with Gasteiger partial charge in [0.25, 0.3) is 11.2 Å². The number of benzene rings is 2. The molecule has 0 radical (unpaired) electrons. The summed E-state index contributed by atoms with van der Waals surface area (Å²) in [6.45, 7) is 1.66. The van der Waals surface area contributed by atoms with Crippen LogP contribution in [0.25, 0.3) is 33.4 Å². The van der Waals surface area contributed by atoms with Crippen molar-refractivity contribution in [2.24, 2.45) is 0 Å². The second kappa shape index (κ2) is 5.71. The maximum atomic E-state index is 13.1. The van der Waals surface area contributed by atoms with Crippen LogP contribution >= 0.6 is 0 Å². The van der Waals surface area contributed by atoms with Crippen molar-refractivity contribution in [2.75, 3.05) is 0 Å². The summed E-state index contributed by atoms with van der Waals surface area (Å²) in [5.41, 5.74) is 2.97. The van der Waals surface area contributed by atoms with Crippen LogP contribution in [0.5, 0.6) is 0 Å². The minimum atomic E-state index is -0.451. The number of para-hydroxylation sites is 2. The molecule has 0 unspecified atom stereocenters. The first-order valence-electron chi connectivity index (χ1n) is 8.57. The van der Waals surface area contributed by atoms with Crippen molar-refractivity contribution >= 4 is 33.4 Å². The van der Waals surface area contributed by atoms with Gasteiger partial charge < -0.3 is 0 Å². The number of pyridine rings is 1. The summed E-state index contributed by atoms with van der Waals surface area (Å²) in [6.07, 6.45) is 3.12. The quantitative estimate of drug-likeness (QED) is 0.350. The lowest BCUT2D eigenvalue weighted by Gasteiger charge is -2.09.